The van der Waals surface area contributed by atoms with Gasteiger partial charge >= 0.3 is 0 Å². The zero-order valence-corrected chi connectivity index (χ0v) is 9.58. The van der Waals surface area contributed by atoms with Crippen molar-refractivity contribution in [3.05, 3.63) is 29.6 Å². The molecular formula is C12H16FN3O. The van der Waals surface area contributed by atoms with E-state index in [0.29, 0.717) is 31.6 Å². The summed E-state index contributed by atoms with van der Waals surface area (Å²) in [7, 11) is 0. The quantitative estimate of drug-likeness (QED) is 0.792. The van der Waals surface area contributed by atoms with Crippen LogP contribution in [0.15, 0.2) is 18.2 Å². The molecule has 17 heavy (non-hydrogen) atoms. The Balaban J connectivity index is 2.26. The second kappa shape index (κ2) is 5.14. The van der Waals surface area contributed by atoms with Crippen LogP contribution in [0.3, 0.4) is 0 Å². The highest BCUT2D eigenvalue weighted by Gasteiger charge is 2.17. The molecule has 0 atom stereocenters. The third kappa shape index (κ3) is 2.55. The Morgan fingerprint density at radius 2 is 2.24 bits per heavy atom. The first-order chi connectivity index (χ1) is 8.22. The molecule has 5 heteroatoms. The number of anilines is 1. The summed E-state index contributed by atoms with van der Waals surface area (Å²) < 4.78 is 13.6. The van der Waals surface area contributed by atoms with E-state index in [0.717, 1.165) is 5.69 Å². The molecule has 92 valence electrons. The van der Waals surface area contributed by atoms with Gasteiger partial charge in [0.1, 0.15) is 5.82 Å². The van der Waals surface area contributed by atoms with Gasteiger partial charge in [-0.25, -0.2) is 4.39 Å². The maximum absolute atomic E-state index is 13.6. The highest BCUT2D eigenvalue weighted by Crippen LogP contribution is 2.23. The van der Waals surface area contributed by atoms with Gasteiger partial charge in [-0.3, -0.25) is 4.79 Å². The van der Waals surface area contributed by atoms with Gasteiger partial charge in [0.2, 0.25) is 5.91 Å². The van der Waals surface area contributed by atoms with Crippen molar-refractivity contribution in [2.75, 3.05) is 24.5 Å². The van der Waals surface area contributed by atoms with Crippen LogP contribution in [-0.4, -0.2) is 25.5 Å². The third-order valence-corrected chi connectivity index (χ3v) is 2.95. The van der Waals surface area contributed by atoms with E-state index in [4.69, 9.17) is 5.73 Å². The molecule has 0 bridgehead atoms. The topological polar surface area (TPSA) is 58.4 Å². The fourth-order valence-corrected chi connectivity index (χ4v) is 2.05. The van der Waals surface area contributed by atoms with Gasteiger partial charge in [-0.1, -0.05) is 6.07 Å². The highest BCUT2D eigenvalue weighted by molar-refractivity contribution is 5.77. The largest absolute Gasteiger partial charge is 0.369 e. The minimum atomic E-state index is -0.284. The van der Waals surface area contributed by atoms with Crippen LogP contribution in [0.5, 0.6) is 0 Å². The number of halogens is 1. The number of rotatable bonds is 2. The van der Waals surface area contributed by atoms with Gasteiger partial charge in [0.15, 0.2) is 0 Å². The number of nitrogens with one attached hydrogen (secondary N) is 1. The van der Waals surface area contributed by atoms with E-state index in [2.05, 4.69) is 5.32 Å². The van der Waals surface area contributed by atoms with E-state index in [9.17, 15) is 9.18 Å². The average Bonchev–Trinajstić information content (AvgIpc) is 2.54. The van der Waals surface area contributed by atoms with Crippen molar-refractivity contribution in [2.24, 2.45) is 5.73 Å². The molecular weight excluding hydrogens is 221 g/mol. The Hall–Kier alpha value is -1.62. The molecule has 4 nitrogen and oxygen atoms in total. The molecule has 1 aromatic rings. The van der Waals surface area contributed by atoms with Gasteiger partial charge < -0.3 is 16.0 Å². The van der Waals surface area contributed by atoms with E-state index in [1.54, 1.807) is 6.07 Å². The molecule has 1 saturated heterocycles. The van der Waals surface area contributed by atoms with Crippen molar-refractivity contribution in [1.29, 1.82) is 0 Å². The molecule has 1 amide bonds. The first kappa shape index (κ1) is 11.9. The maximum atomic E-state index is 13.6. The summed E-state index contributed by atoms with van der Waals surface area (Å²) in [6.07, 6.45) is 0.431. The van der Waals surface area contributed by atoms with Crippen molar-refractivity contribution in [1.82, 2.24) is 5.32 Å². The van der Waals surface area contributed by atoms with Crippen LogP contribution in [0, 0.1) is 5.82 Å². The second-order valence-electron chi connectivity index (χ2n) is 4.03. The Morgan fingerprint density at radius 1 is 1.41 bits per heavy atom. The minimum absolute atomic E-state index is 0.0400. The van der Waals surface area contributed by atoms with Crippen LogP contribution in [0.4, 0.5) is 10.1 Å². The third-order valence-electron chi connectivity index (χ3n) is 2.95. The first-order valence-electron chi connectivity index (χ1n) is 5.71. The van der Waals surface area contributed by atoms with Crippen LogP contribution in [0.2, 0.25) is 0 Å². The fraction of sp³-hybridized carbons (Fsp3) is 0.417. The monoisotopic (exact) mass is 237 g/mol. The Morgan fingerprint density at radius 3 is 3.00 bits per heavy atom. The average molecular weight is 237 g/mol. The molecule has 2 rings (SSSR count). The predicted octanol–water partition coefficient (Wildman–Crippen LogP) is 0.611. The summed E-state index contributed by atoms with van der Waals surface area (Å²) >= 11 is 0. The lowest BCUT2D eigenvalue weighted by Gasteiger charge is -2.24. The predicted molar refractivity (Wildman–Crippen MR) is 64.1 cm³/mol. The summed E-state index contributed by atoms with van der Waals surface area (Å²) in [6, 6.07) is 4.93. The molecule has 3 N–H and O–H groups in total. The number of hydrogen-bond donors (Lipinski definition) is 2. The summed E-state index contributed by atoms with van der Waals surface area (Å²) in [5.41, 5.74) is 6.89. The van der Waals surface area contributed by atoms with Crippen molar-refractivity contribution in [3.8, 4) is 0 Å². The molecule has 1 aromatic carbocycles. The van der Waals surface area contributed by atoms with Crippen molar-refractivity contribution >= 4 is 11.6 Å². The number of carbonyl (C=O) groups is 1. The molecule has 1 heterocycles. The van der Waals surface area contributed by atoms with E-state index < -0.39 is 0 Å². The van der Waals surface area contributed by atoms with Crippen molar-refractivity contribution < 1.29 is 9.18 Å². The van der Waals surface area contributed by atoms with Gasteiger partial charge in [0.05, 0.1) is 0 Å². The molecule has 0 aliphatic carbocycles. The van der Waals surface area contributed by atoms with E-state index in [1.807, 2.05) is 11.0 Å². The number of amides is 1. The second-order valence-corrected chi connectivity index (χ2v) is 4.03. The van der Waals surface area contributed by atoms with E-state index in [1.165, 1.54) is 6.07 Å². The molecule has 1 fully saturated rings. The number of benzene rings is 1. The lowest BCUT2D eigenvalue weighted by atomic mass is 10.1. The van der Waals surface area contributed by atoms with Crippen LogP contribution in [0.25, 0.3) is 0 Å². The van der Waals surface area contributed by atoms with Gasteiger partial charge in [0, 0.05) is 43.9 Å². The molecule has 1 aliphatic rings. The normalized spacial score (nSPS) is 16.6. The van der Waals surface area contributed by atoms with Gasteiger partial charge in [0.25, 0.3) is 0 Å². The van der Waals surface area contributed by atoms with Crippen LogP contribution in [-0.2, 0) is 11.3 Å². The summed E-state index contributed by atoms with van der Waals surface area (Å²) in [5, 5.41) is 2.79. The smallest absolute Gasteiger partial charge is 0.221 e. The minimum Gasteiger partial charge on any atom is -0.369 e. The summed E-state index contributed by atoms with van der Waals surface area (Å²) in [6.45, 7) is 2.03. The molecule has 0 unspecified atom stereocenters. The van der Waals surface area contributed by atoms with Crippen LogP contribution >= 0.6 is 0 Å². The SMILES string of the molecule is NCc1c(F)cccc1N1CCNC(=O)CC1. The Labute approximate surface area is 99.6 Å². The summed E-state index contributed by atoms with van der Waals surface area (Å²) in [5.74, 6) is -0.244. The zero-order valence-electron chi connectivity index (χ0n) is 9.58. The van der Waals surface area contributed by atoms with E-state index in [-0.39, 0.29) is 18.3 Å². The standard InChI is InChI=1S/C12H16FN3O/c13-10-2-1-3-11(9(10)8-14)16-6-4-12(17)15-5-7-16/h1-3H,4-8,14H2,(H,15,17). The molecule has 0 spiro atoms. The number of nitrogens with zero attached hydrogens (tertiary/aromatic N) is 1. The number of hydrogen-bond acceptors (Lipinski definition) is 3. The molecule has 1 aliphatic heterocycles. The summed E-state index contributed by atoms with van der Waals surface area (Å²) in [4.78, 5) is 13.2. The number of nitrogens with two attached hydrogens (primary N) is 1. The van der Waals surface area contributed by atoms with E-state index >= 15 is 0 Å². The Bertz CT molecular complexity index is 422. The zero-order chi connectivity index (χ0) is 12.3. The van der Waals surface area contributed by atoms with Crippen molar-refractivity contribution in [2.45, 2.75) is 13.0 Å². The molecule has 0 saturated carbocycles. The first-order valence-corrected chi connectivity index (χ1v) is 5.71. The van der Waals surface area contributed by atoms with Gasteiger partial charge in [-0.2, -0.15) is 0 Å². The lowest BCUT2D eigenvalue weighted by molar-refractivity contribution is -0.120. The molecule has 0 radical (unpaired) electrons. The fourth-order valence-electron chi connectivity index (χ4n) is 2.05. The van der Waals surface area contributed by atoms with Crippen molar-refractivity contribution in [3.63, 3.8) is 0 Å². The van der Waals surface area contributed by atoms with Gasteiger partial charge in [-0.15, -0.1) is 0 Å². The lowest BCUT2D eigenvalue weighted by Crippen LogP contribution is -2.29. The molecule has 0 aromatic heterocycles. The maximum Gasteiger partial charge on any atom is 0.221 e. The van der Waals surface area contributed by atoms with Gasteiger partial charge in [-0.05, 0) is 12.1 Å². The van der Waals surface area contributed by atoms with Crippen LogP contribution < -0.4 is 16.0 Å². The Kier molecular flexibility index (Phi) is 3.58. The number of carbonyl (C=O) groups excluding carboxylic acids is 1. The highest BCUT2D eigenvalue weighted by atomic mass is 19.1. The van der Waals surface area contributed by atoms with Crippen LogP contribution in [0.1, 0.15) is 12.0 Å².